The van der Waals surface area contributed by atoms with Crippen molar-refractivity contribution in [2.45, 2.75) is 79.3 Å². The van der Waals surface area contributed by atoms with Crippen LogP contribution >= 0.6 is 0 Å². The van der Waals surface area contributed by atoms with Crippen LogP contribution in [0, 0.1) is 13.8 Å². The molecule has 6 heteroatoms. The van der Waals surface area contributed by atoms with Crippen molar-refractivity contribution in [3.8, 4) is 0 Å². The summed E-state index contributed by atoms with van der Waals surface area (Å²) in [6.07, 6.45) is 5.09. The maximum Gasteiger partial charge on any atom is 0.355 e. The second-order valence-corrected chi connectivity index (χ2v) is 8.79. The lowest BCUT2D eigenvalue weighted by atomic mass is 10.0. The van der Waals surface area contributed by atoms with Crippen molar-refractivity contribution in [1.29, 1.82) is 0 Å². The number of benzene rings is 1. The predicted molar refractivity (Wildman–Crippen MR) is 129 cm³/mol. The molecule has 33 heavy (non-hydrogen) atoms. The predicted octanol–water partition coefficient (Wildman–Crippen LogP) is 5.13. The number of ketones is 1. The van der Waals surface area contributed by atoms with Crippen LogP contribution in [0.3, 0.4) is 0 Å². The molecule has 3 rings (SSSR count). The summed E-state index contributed by atoms with van der Waals surface area (Å²) in [5.41, 5.74) is 4.15. The van der Waals surface area contributed by atoms with E-state index in [0.29, 0.717) is 28.9 Å². The lowest BCUT2D eigenvalue weighted by Gasteiger charge is -2.22. The molecule has 6 nitrogen and oxygen atoms in total. The molecule has 0 radical (unpaired) electrons. The molecule has 0 aliphatic heterocycles. The summed E-state index contributed by atoms with van der Waals surface area (Å²) >= 11 is 0. The molecule has 0 spiro atoms. The Morgan fingerprint density at radius 3 is 2.27 bits per heavy atom. The Kier molecular flexibility index (Phi) is 8.11. The number of Topliss-reactive ketones (excluding diaryl/α,β-unsaturated/α-hetero) is 1. The average Bonchev–Trinajstić information content (AvgIpc) is 3.60. The van der Waals surface area contributed by atoms with E-state index in [1.807, 2.05) is 42.7 Å². The molecule has 1 heterocycles. The van der Waals surface area contributed by atoms with Gasteiger partial charge in [0.2, 0.25) is 0 Å². The van der Waals surface area contributed by atoms with E-state index in [-0.39, 0.29) is 30.9 Å². The highest BCUT2D eigenvalue weighted by molar-refractivity contribution is 6.06. The van der Waals surface area contributed by atoms with Gasteiger partial charge in [0.15, 0.2) is 5.78 Å². The van der Waals surface area contributed by atoms with Crippen LogP contribution in [0.25, 0.3) is 0 Å². The average molecular weight is 453 g/mol. The summed E-state index contributed by atoms with van der Waals surface area (Å²) in [4.78, 5) is 41.0. The summed E-state index contributed by atoms with van der Waals surface area (Å²) in [7, 11) is 0. The van der Waals surface area contributed by atoms with Crippen LogP contribution < -0.4 is 0 Å². The van der Waals surface area contributed by atoms with E-state index in [9.17, 15) is 14.4 Å². The van der Waals surface area contributed by atoms with Gasteiger partial charge in [0, 0.05) is 29.4 Å². The van der Waals surface area contributed by atoms with Gasteiger partial charge in [-0.3, -0.25) is 9.59 Å². The highest BCUT2D eigenvalue weighted by atomic mass is 16.5. The van der Waals surface area contributed by atoms with Crippen molar-refractivity contribution >= 4 is 17.7 Å². The summed E-state index contributed by atoms with van der Waals surface area (Å²) in [6, 6.07) is 7.86. The number of unbranched alkanes of at least 4 members (excludes halogenated alkanes) is 1. The van der Waals surface area contributed by atoms with Crippen molar-refractivity contribution in [2.75, 3.05) is 13.2 Å². The maximum atomic E-state index is 13.4. The number of amides is 1. The van der Waals surface area contributed by atoms with Gasteiger partial charge >= 0.3 is 5.97 Å². The molecular formula is C27H36N2O4. The lowest BCUT2D eigenvalue weighted by Crippen LogP contribution is -2.37. The van der Waals surface area contributed by atoms with Gasteiger partial charge in [0.1, 0.15) is 5.69 Å². The Hall–Kier alpha value is -2.89. The number of esters is 1. The third-order valence-electron chi connectivity index (χ3n) is 6.41. The Morgan fingerprint density at radius 1 is 1.06 bits per heavy atom. The molecule has 1 aromatic heterocycles. The Bertz CT molecular complexity index is 1020. The number of aryl methyl sites for hydroxylation is 1. The molecule has 0 N–H and O–H groups in total. The monoisotopic (exact) mass is 452 g/mol. The maximum absolute atomic E-state index is 13.4. The quantitative estimate of drug-likeness (QED) is 0.350. The Balaban J connectivity index is 1.84. The van der Waals surface area contributed by atoms with Crippen LogP contribution in [-0.4, -0.2) is 46.3 Å². The van der Waals surface area contributed by atoms with Crippen LogP contribution in [0.4, 0.5) is 0 Å². The molecule has 1 aromatic carbocycles. The molecule has 0 bridgehead atoms. The fourth-order valence-corrected chi connectivity index (χ4v) is 4.51. The van der Waals surface area contributed by atoms with Gasteiger partial charge in [-0.15, -0.1) is 0 Å². The smallest absolute Gasteiger partial charge is 0.355 e. The van der Waals surface area contributed by atoms with Gasteiger partial charge in [0.05, 0.1) is 13.2 Å². The van der Waals surface area contributed by atoms with Crippen molar-refractivity contribution < 1.29 is 19.1 Å². The van der Waals surface area contributed by atoms with Gasteiger partial charge in [-0.05, 0) is 76.6 Å². The van der Waals surface area contributed by atoms with Crippen LogP contribution in [0.15, 0.2) is 24.3 Å². The number of carbonyl (C=O) groups excluding carboxylic acids is 3. The first-order valence-electron chi connectivity index (χ1n) is 12.1. The molecule has 1 aliphatic carbocycles. The first kappa shape index (κ1) is 24.7. The van der Waals surface area contributed by atoms with Crippen molar-refractivity contribution in [2.24, 2.45) is 0 Å². The van der Waals surface area contributed by atoms with Gasteiger partial charge in [-0.25, -0.2) is 4.79 Å². The minimum Gasteiger partial charge on any atom is -0.461 e. The fourth-order valence-electron chi connectivity index (χ4n) is 4.51. The van der Waals surface area contributed by atoms with E-state index >= 15 is 0 Å². The first-order chi connectivity index (χ1) is 15.8. The minimum absolute atomic E-state index is 0.0127. The topological polar surface area (TPSA) is 68.6 Å². The molecule has 2 aromatic rings. The Morgan fingerprint density at radius 2 is 1.73 bits per heavy atom. The third-order valence-corrected chi connectivity index (χ3v) is 6.41. The molecule has 1 saturated carbocycles. The number of hydrogen-bond acceptors (Lipinski definition) is 4. The summed E-state index contributed by atoms with van der Waals surface area (Å²) in [5, 5.41) is 0. The number of nitrogens with zero attached hydrogens (tertiary/aromatic N) is 2. The lowest BCUT2D eigenvalue weighted by molar-refractivity contribution is 0.0512. The second-order valence-electron chi connectivity index (χ2n) is 8.79. The van der Waals surface area contributed by atoms with Gasteiger partial charge < -0.3 is 14.2 Å². The SMILES string of the molecule is CCCCc1ccc(C(=O)N(CC(=O)c2c(C)c(C(=O)OCC)n(CC)c2C)C2CC2)cc1. The van der Waals surface area contributed by atoms with E-state index in [4.69, 9.17) is 4.74 Å². The normalized spacial score (nSPS) is 13.1. The van der Waals surface area contributed by atoms with Crippen LogP contribution in [-0.2, 0) is 17.7 Å². The summed E-state index contributed by atoms with van der Waals surface area (Å²) in [6.45, 7) is 10.4. The van der Waals surface area contributed by atoms with E-state index in [1.165, 1.54) is 5.56 Å². The fraction of sp³-hybridized carbons (Fsp3) is 0.519. The number of aromatic nitrogens is 1. The molecular weight excluding hydrogens is 416 g/mol. The summed E-state index contributed by atoms with van der Waals surface area (Å²) in [5.74, 6) is -0.663. The number of rotatable bonds is 11. The molecule has 1 aliphatic rings. The van der Waals surface area contributed by atoms with E-state index in [2.05, 4.69) is 6.92 Å². The highest BCUT2D eigenvalue weighted by Crippen LogP contribution is 2.30. The van der Waals surface area contributed by atoms with Crippen LogP contribution in [0.1, 0.15) is 94.5 Å². The zero-order chi connectivity index (χ0) is 24.1. The van der Waals surface area contributed by atoms with Crippen molar-refractivity contribution in [3.63, 3.8) is 0 Å². The molecule has 0 saturated heterocycles. The van der Waals surface area contributed by atoms with Crippen molar-refractivity contribution in [1.82, 2.24) is 9.47 Å². The highest BCUT2D eigenvalue weighted by Gasteiger charge is 2.36. The first-order valence-corrected chi connectivity index (χ1v) is 12.1. The molecule has 178 valence electrons. The van der Waals surface area contributed by atoms with Crippen LogP contribution in [0.2, 0.25) is 0 Å². The minimum atomic E-state index is -0.419. The van der Waals surface area contributed by atoms with Crippen molar-refractivity contribution in [3.05, 3.63) is 57.9 Å². The number of ether oxygens (including phenoxy) is 1. The number of carbonyl (C=O) groups is 3. The zero-order valence-electron chi connectivity index (χ0n) is 20.6. The molecule has 0 atom stereocenters. The van der Waals surface area contributed by atoms with E-state index in [1.54, 1.807) is 18.7 Å². The standard InChI is InChI=1S/C27H36N2O4/c1-6-9-10-20-11-13-21(14-12-20)26(31)29(22-15-16-22)17-23(30)24-18(4)25(27(32)33-8-3)28(7-2)19(24)5/h11-14,22H,6-10,15-17H2,1-5H3. The summed E-state index contributed by atoms with van der Waals surface area (Å²) < 4.78 is 7.06. The zero-order valence-corrected chi connectivity index (χ0v) is 20.6. The number of hydrogen-bond donors (Lipinski definition) is 0. The Labute approximate surface area is 196 Å². The molecule has 1 fully saturated rings. The van der Waals surface area contributed by atoms with E-state index in [0.717, 1.165) is 37.8 Å². The second kappa shape index (κ2) is 10.8. The van der Waals surface area contributed by atoms with E-state index < -0.39 is 5.97 Å². The van der Waals surface area contributed by atoms with Crippen LogP contribution in [0.5, 0.6) is 0 Å². The van der Waals surface area contributed by atoms with Gasteiger partial charge in [0.25, 0.3) is 5.91 Å². The third kappa shape index (κ3) is 5.37. The molecule has 0 unspecified atom stereocenters. The largest absolute Gasteiger partial charge is 0.461 e. The van der Waals surface area contributed by atoms with Gasteiger partial charge in [-0.1, -0.05) is 25.5 Å². The van der Waals surface area contributed by atoms with Gasteiger partial charge in [-0.2, -0.15) is 0 Å². The molecule has 1 amide bonds.